The molecule has 1 nitrogen and oxygen atoms in total. The molecule has 0 unspecified atom stereocenters. The fourth-order valence-corrected chi connectivity index (χ4v) is 4.23. The summed E-state index contributed by atoms with van der Waals surface area (Å²) < 4.78 is 5.74. The van der Waals surface area contributed by atoms with Gasteiger partial charge in [0.1, 0.15) is 0 Å². The minimum atomic E-state index is 0.711. The molecule has 0 bridgehead atoms. The van der Waals surface area contributed by atoms with E-state index in [1.165, 1.54) is 47.9 Å². The number of benzene rings is 2. The number of rotatable bonds is 8. The summed E-state index contributed by atoms with van der Waals surface area (Å²) in [6.07, 6.45) is 14.7. The summed E-state index contributed by atoms with van der Waals surface area (Å²) >= 11 is 0. The molecule has 0 heterocycles. The summed E-state index contributed by atoms with van der Waals surface area (Å²) in [5.74, 6) is 1.43. The van der Waals surface area contributed by atoms with E-state index in [-0.39, 0.29) is 0 Å². The Morgan fingerprint density at radius 2 is 1.36 bits per heavy atom. The van der Waals surface area contributed by atoms with Crippen molar-refractivity contribution in [1.82, 2.24) is 0 Å². The van der Waals surface area contributed by atoms with E-state index in [1.54, 1.807) is 0 Å². The largest absolute Gasteiger partial charge is 0.376 e. The van der Waals surface area contributed by atoms with Crippen LogP contribution in [0.4, 0.5) is 0 Å². The Kier molecular flexibility index (Phi) is 8.11. The van der Waals surface area contributed by atoms with Gasteiger partial charge in [0.25, 0.3) is 0 Å². The molecule has 1 saturated carbocycles. The van der Waals surface area contributed by atoms with Crippen LogP contribution in [0, 0.1) is 0 Å². The Hall–Kier alpha value is -2.12. The minimum absolute atomic E-state index is 0.711. The van der Waals surface area contributed by atoms with Crippen LogP contribution in [0.15, 0.2) is 66.8 Å². The standard InChI is InChI=1S/C27H34O/c1-3-5-6-20-28-21-23-10-14-25(15-11-23)27-18-16-26(17-19-27)24-12-8-22(7-4-2)9-13-24/h3-5,7-15,26-27H,6,16-21H2,1-2H3. The highest BCUT2D eigenvalue weighted by atomic mass is 16.5. The third-order valence-electron chi connectivity index (χ3n) is 5.88. The molecule has 28 heavy (non-hydrogen) atoms. The number of hydrogen-bond donors (Lipinski definition) is 0. The predicted molar refractivity (Wildman–Crippen MR) is 121 cm³/mol. The summed E-state index contributed by atoms with van der Waals surface area (Å²) in [5.41, 5.74) is 5.58. The summed E-state index contributed by atoms with van der Waals surface area (Å²) in [5, 5.41) is 0. The van der Waals surface area contributed by atoms with E-state index in [4.69, 9.17) is 4.74 Å². The quantitative estimate of drug-likeness (QED) is 0.341. The van der Waals surface area contributed by atoms with E-state index >= 15 is 0 Å². The lowest BCUT2D eigenvalue weighted by atomic mass is 9.76. The third kappa shape index (κ3) is 5.94. The van der Waals surface area contributed by atoms with Crippen LogP contribution >= 0.6 is 0 Å². The molecule has 2 aromatic carbocycles. The maximum atomic E-state index is 5.74. The van der Waals surface area contributed by atoms with Gasteiger partial charge in [-0.3, -0.25) is 0 Å². The molecular formula is C27H34O. The molecule has 0 radical (unpaired) electrons. The maximum absolute atomic E-state index is 5.74. The maximum Gasteiger partial charge on any atom is 0.0717 e. The van der Waals surface area contributed by atoms with Crippen LogP contribution in [0.1, 0.15) is 80.0 Å². The Labute approximate surface area is 171 Å². The van der Waals surface area contributed by atoms with Crippen LogP contribution in [-0.2, 0) is 11.3 Å². The van der Waals surface area contributed by atoms with E-state index in [0.717, 1.165) is 18.9 Å². The van der Waals surface area contributed by atoms with Gasteiger partial charge in [-0.1, -0.05) is 72.8 Å². The SMILES string of the molecule is CC=CCCOCc1ccc(C2CCC(c3ccc(C=CC)cc3)CC2)cc1. The summed E-state index contributed by atoms with van der Waals surface area (Å²) in [4.78, 5) is 0. The van der Waals surface area contributed by atoms with Crippen molar-refractivity contribution in [2.45, 2.75) is 64.4 Å². The van der Waals surface area contributed by atoms with Gasteiger partial charge in [0.05, 0.1) is 13.2 Å². The van der Waals surface area contributed by atoms with Crippen LogP contribution in [-0.4, -0.2) is 6.61 Å². The molecule has 3 rings (SSSR count). The highest BCUT2D eigenvalue weighted by Gasteiger charge is 2.23. The van der Waals surface area contributed by atoms with Crippen LogP contribution in [0.25, 0.3) is 6.08 Å². The number of allylic oxidation sites excluding steroid dienone is 2. The van der Waals surface area contributed by atoms with Crippen molar-refractivity contribution < 1.29 is 4.74 Å². The Bertz CT molecular complexity index is 744. The first-order valence-corrected chi connectivity index (χ1v) is 10.8. The van der Waals surface area contributed by atoms with E-state index in [9.17, 15) is 0 Å². The van der Waals surface area contributed by atoms with Crippen LogP contribution in [0.3, 0.4) is 0 Å². The van der Waals surface area contributed by atoms with Crippen molar-refractivity contribution in [2.75, 3.05) is 6.61 Å². The molecule has 0 aromatic heterocycles. The van der Waals surface area contributed by atoms with Gasteiger partial charge in [0.2, 0.25) is 0 Å². The van der Waals surface area contributed by atoms with E-state index in [2.05, 4.69) is 79.8 Å². The third-order valence-corrected chi connectivity index (χ3v) is 5.88. The van der Waals surface area contributed by atoms with Gasteiger partial charge < -0.3 is 4.74 Å². The molecule has 0 amide bonds. The lowest BCUT2D eigenvalue weighted by Crippen LogP contribution is -2.12. The van der Waals surface area contributed by atoms with E-state index in [0.29, 0.717) is 12.5 Å². The molecule has 0 saturated heterocycles. The van der Waals surface area contributed by atoms with Crippen molar-refractivity contribution in [3.8, 4) is 0 Å². The number of hydrogen-bond acceptors (Lipinski definition) is 1. The van der Waals surface area contributed by atoms with Gasteiger partial charge in [-0.15, -0.1) is 0 Å². The molecule has 148 valence electrons. The monoisotopic (exact) mass is 374 g/mol. The van der Waals surface area contributed by atoms with Crippen LogP contribution in [0.5, 0.6) is 0 Å². The van der Waals surface area contributed by atoms with E-state index in [1.807, 2.05) is 6.92 Å². The topological polar surface area (TPSA) is 9.23 Å². The van der Waals surface area contributed by atoms with Crippen molar-refractivity contribution in [2.24, 2.45) is 0 Å². The normalized spacial score (nSPS) is 20.2. The summed E-state index contributed by atoms with van der Waals surface area (Å²) in [6.45, 7) is 5.63. The lowest BCUT2D eigenvalue weighted by molar-refractivity contribution is 0.125. The lowest BCUT2D eigenvalue weighted by Gasteiger charge is -2.29. The fraction of sp³-hybridized carbons (Fsp3) is 0.407. The van der Waals surface area contributed by atoms with Crippen LogP contribution < -0.4 is 0 Å². The van der Waals surface area contributed by atoms with Gasteiger partial charge in [0.15, 0.2) is 0 Å². The number of ether oxygens (including phenoxy) is 1. The van der Waals surface area contributed by atoms with Crippen molar-refractivity contribution in [3.63, 3.8) is 0 Å². The molecule has 1 aliphatic carbocycles. The average molecular weight is 375 g/mol. The zero-order chi connectivity index (χ0) is 19.6. The van der Waals surface area contributed by atoms with Crippen molar-refractivity contribution >= 4 is 6.08 Å². The summed E-state index contributed by atoms with van der Waals surface area (Å²) in [7, 11) is 0. The zero-order valence-corrected chi connectivity index (χ0v) is 17.4. The molecule has 1 aliphatic rings. The van der Waals surface area contributed by atoms with Gasteiger partial charge >= 0.3 is 0 Å². The van der Waals surface area contributed by atoms with Crippen LogP contribution in [0.2, 0.25) is 0 Å². The van der Waals surface area contributed by atoms with Crippen molar-refractivity contribution in [1.29, 1.82) is 0 Å². The van der Waals surface area contributed by atoms with Gasteiger partial charge in [-0.25, -0.2) is 0 Å². The Balaban J connectivity index is 1.47. The second-order valence-electron chi connectivity index (χ2n) is 7.87. The second-order valence-corrected chi connectivity index (χ2v) is 7.87. The van der Waals surface area contributed by atoms with Gasteiger partial charge in [0, 0.05) is 0 Å². The van der Waals surface area contributed by atoms with Crippen molar-refractivity contribution in [3.05, 3.63) is 89.0 Å². The second kappa shape index (κ2) is 11.0. The fourth-order valence-electron chi connectivity index (χ4n) is 4.23. The summed E-state index contributed by atoms with van der Waals surface area (Å²) in [6, 6.07) is 18.3. The average Bonchev–Trinajstić information content (AvgIpc) is 2.75. The Morgan fingerprint density at radius 1 is 0.786 bits per heavy atom. The molecule has 1 heteroatoms. The molecule has 0 atom stereocenters. The highest BCUT2D eigenvalue weighted by Crippen LogP contribution is 2.40. The smallest absolute Gasteiger partial charge is 0.0717 e. The predicted octanol–water partition coefficient (Wildman–Crippen LogP) is 7.64. The Morgan fingerprint density at radius 3 is 1.89 bits per heavy atom. The molecule has 1 fully saturated rings. The molecule has 0 spiro atoms. The molecule has 2 aromatic rings. The van der Waals surface area contributed by atoms with Gasteiger partial charge in [-0.2, -0.15) is 0 Å². The first-order valence-electron chi connectivity index (χ1n) is 10.8. The first-order chi connectivity index (χ1) is 13.8. The zero-order valence-electron chi connectivity index (χ0n) is 17.4. The minimum Gasteiger partial charge on any atom is -0.376 e. The molecule has 0 aliphatic heterocycles. The molecular weight excluding hydrogens is 340 g/mol. The van der Waals surface area contributed by atoms with E-state index < -0.39 is 0 Å². The van der Waals surface area contributed by atoms with Gasteiger partial charge in [-0.05, 0) is 80.0 Å². The highest BCUT2D eigenvalue weighted by molar-refractivity contribution is 5.49. The first kappa shape index (κ1) is 20.6. The molecule has 0 N–H and O–H groups in total.